The van der Waals surface area contributed by atoms with Crippen LogP contribution in [0.1, 0.15) is 5.56 Å². The Bertz CT molecular complexity index is 310. The lowest BCUT2D eigenvalue weighted by molar-refractivity contribution is 0.359. The minimum absolute atomic E-state index is 0.340. The number of rotatable bonds is 2. The molecule has 63 valence electrons. The lowest BCUT2D eigenvalue weighted by Gasteiger charge is -2.03. The van der Waals surface area contributed by atoms with Crippen molar-refractivity contribution >= 4 is 6.29 Å². The lowest BCUT2D eigenvalue weighted by atomic mass is 10.2. The van der Waals surface area contributed by atoms with Gasteiger partial charge in [0.05, 0.1) is 12.7 Å². The van der Waals surface area contributed by atoms with Crippen LogP contribution in [-0.2, 0) is 4.79 Å². The van der Waals surface area contributed by atoms with Crippen LogP contribution in [0.3, 0.4) is 0 Å². The second-order valence-electron chi connectivity index (χ2n) is 2.04. The van der Waals surface area contributed by atoms with E-state index in [1.807, 2.05) is 0 Å². The Morgan fingerprint density at radius 1 is 1.42 bits per heavy atom. The first-order valence-electron chi connectivity index (χ1n) is 3.11. The van der Waals surface area contributed by atoms with Gasteiger partial charge >= 0.3 is 0 Å². The largest absolute Gasteiger partial charge is 0.491 e. The molecular formula is C8H5F2O2. The zero-order valence-corrected chi connectivity index (χ0v) is 6.23. The minimum Gasteiger partial charge on any atom is -0.491 e. The topological polar surface area (TPSA) is 26.3 Å². The summed E-state index contributed by atoms with van der Waals surface area (Å²) in [5.74, 6) is -2.42. The normalized spacial score (nSPS) is 9.58. The third-order valence-corrected chi connectivity index (χ3v) is 1.36. The zero-order chi connectivity index (χ0) is 9.14. The smallest absolute Gasteiger partial charge is 0.236 e. The van der Waals surface area contributed by atoms with E-state index in [2.05, 4.69) is 4.74 Å². The van der Waals surface area contributed by atoms with Crippen molar-refractivity contribution in [3.8, 4) is 5.75 Å². The third-order valence-electron chi connectivity index (χ3n) is 1.36. The molecule has 0 aromatic heterocycles. The molecule has 0 aliphatic rings. The molecule has 1 aromatic carbocycles. The van der Waals surface area contributed by atoms with E-state index in [1.54, 1.807) is 0 Å². The van der Waals surface area contributed by atoms with Crippen molar-refractivity contribution < 1.29 is 18.3 Å². The van der Waals surface area contributed by atoms with Crippen LogP contribution in [0.15, 0.2) is 12.1 Å². The molecule has 2 nitrogen and oxygen atoms in total. The van der Waals surface area contributed by atoms with E-state index in [9.17, 15) is 13.6 Å². The van der Waals surface area contributed by atoms with E-state index in [4.69, 9.17) is 0 Å². The summed E-state index contributed by atoms with van der Waals surface area (Å²) in [5.41, 5.74) is -0.340. The van der Waals surface area contributed by atoms with Gasteiger partial charge in [0.25, 0.3) is 0 Å². The molecule has 1 aromatic rings. The summed E-state index contributed by atoms with van der Waals surface area (Å²) in [4.78, 5) is 10.1. The second-order valence-corrected chi connectivity index (χ2v) is 2.04. The SMILES string of the molecule is COc1c(F)ccc([C]=O)c1F. The maximum absolute atomic E-state index is 12.9. The van der Waals surface area contributed by atoms with Crippen molar-refractivity contribution in [1.82, 2.24) is 0 Å². The van der Waals surface area contributed by atoms with Gasteiger partial charge in [-0.05, 0) is 12.1 Å². The maximum atomic E-state index is 12.9. The van der Waals surface area contributed by atoms with Crippen molar-refractivity contribution in [3.05, 3.63) is 29.3 Å². The molecule has 4 heteroatoms. The highest BCUT2D eigenvalue weighted by Gasteiger charge is 2.13. The molecule has 0 aliphatic carbocycles. The summed E-state index contributed by atoms with van der Waals surface area (Å²) in [6.45, 7) is 0. The molecule has 1 rings (SSSR count). The molecule has 0 saturated heterocycles. The van der Waals surface area contributed by atoms with E-state index < -0.39 is 17.4 Å². The predicted octanol–water partition coefficient (Wildman–Crippen LogP) is 1.43. The molecule has 0 atom stereocenters. The van der Waals surface area contributed by atoms with Gasteiger partial charge < -0.3 is 4.74 Å². The molecule has 0 saturated carbocycles. The number of hydrogen-bond acceptors (Lipinski definition) is 2. The van der Waals surface area contributed by atoms with Crippen molar-refractivity contribution in [3.63, 3.8) is 0 Å². The molecule has 1 radical (unpaired) electrons. The van der Waals surface area contributed by atoms with E-state index in [0.717, 1.165) is 19.2 Å². The van der Waals surface area contributed by atoms with Crippen LogP contribution in [-0.4, -0.2) is 13.4 Å². The van der Waals surface area contributed by atoms with Gasteiger partial charge in [0.15, 0.2) is 17.4 Å². The van der Waals surface area contributed by atoms with Gasteiger partial charge in [0, 0.05) is 0 Å². The molecule has 0 heterocycles. The summed E-state index contributed by atoms with van der Waals surface area (Å²) in [6.07, 6.45) is 1.33. The molecule has 12 heavy (non-hydrogen) atoms. The summed E-state index contributed by atoms with van der Waals surface area (Å²) < 4.78 is 30.0. The molecule has 0 amide bonds. The van der Waals surface area contributed by atoms with Gasteiger partial charge in [-0.2, -0.15) is 0 Å². The Balaban J connectivity index is 3.33. The van der Waals surface area contributed by atoms with Gasteiger partial charge in [0.2, 0.25) is 6.29 Å². The fourth-order valence-corrected chi connectivity index (χ4v) is 0.798. The highest BCUT2D eigenvalue weighted by molar-refractivity contribution is 5.76. The van der Waals surface area contributed by atoms with Crippen LogP contribution in [0.25, 0.3) is 0 Å². The van der Waals surface area contributed by atoms with Crippen LogP contribution in [0.4, 0.5) is 8.78 Å². The van der Waals surface area contributed by atoms with Gasteiger partial charge in [-0.15, -0.1) is 0 Å². The van der Waals surface area contributed by atoms with Gasteiger partial charge in [-0.25, -0.2) is 8.78 Å². The van der Waals surface area contributed by atoms with E-state index >= 15 is 0 Å². The van der Waals surface area contributed by atoms with Crippen LogP contribution in [0, 0.1) is 11.6 Å². The Hall–Kier alpha value is -1.45. The molecule has 0 aliphatic heterocycles. The predicted molar refractivity (Wildman–Crippen MR) is 37.7 cm³/mol. The highest BCUT2D eigenvalue weighted by atomic mass is 19.1. The van der Waals surface area contributed by atoms with Crippen LogP contribution in [0.2, 0.25) is 0 Å². The van der Waals surface area contributed by atoms with Gasteiger partial charge in [0.1, 0.15) is 0 Å². The summed E-state index contributed by atoms with van der Waals surface area (Å²) in [5, 5.41) is 0. The zero-order valence-electron chi connectivity index (χ0n) is 6.23. The quantitative estimate of drug-likeness (QED) is 0.672. The lowest BCUT2D eigenvalue weighted by Crippen LogP contribution is -1.96. The number of benzene rings is 1. The van der Waals surface area contributed by atoms with Crippen molar-refractivity contribution in [2.24, 2.45) is 0 Å². The molecule has 0 fully saturated rings. The number of hydrogen-bond donors (Lipinski definition) is 0. The molecule has 0 spiro atoms. The Morgan fingerprint density at radius 2 is 2.08 bits per heavy atom. The average molecular weight is 171 g/mol. The summed E-state index contributed by atoms with van der Waals surface area (Å²) in [7, 11) is 1.12. The summed E-state index contributed by atoms with van der Waals surface area (Å²) >= 11 is 0. The number of halogens is 2. The first-order chi connectivity index (χ1) is 5.70. The van der Waals surface area contributed by atoms with Crippen molar-refractivity contribution in [2.75, 3.05) is 7.11 Å². The number of methoxy groups -OCH3 is 1. The average Bonchev–Trinajstić information content (AvgIpc) is 2.06. The van der Waals surface area contributed by atoms with E-state index in [1.165, 1.54) is 6.29 Å². The first kappa shape index (κ1) is 8.64. The van der Waals surface area contributed by atoms with Crippen molar-refractivity contribution in [2.45, 2.75) is 0 Å². The number of carbonyl (C=O) groups excluding carboxylic acids is 1. The van der Waals surface area contributed by atoms with Gasteiger partial charge in [-0.1, -0.05) is 0 Å². The summed E-state index contributed by atoms with van der Waals surface area (Å²) in [6, 6.07) is 1.95. The number of ether oxygens (including phenoxy) is 1. The molecule has 0 unspecified atom stereocenters. The van der Waals surface area contributed by atoms with Crippen LogP contribution in [0.5, 0.6) is 5.75 Å². The Morgan fingerprint density at radius 3 is 2.58 bits per heavy atom. The molecule has 0 bridgehead atoms. The van der Waals surface area contributed by atoms with E-state index in [-0.39, 0.29) is 5.56 Å². The van der Waals surface area contributed by atoms with E-state index in [0.29, 0.717) is 0 Å². The maximum Gasteiger partial charge on any atom is 0.236 e. The monoisotopic (exact) mass is 171 g/mol. The highest BCUT2D eigenvalue weighted by Crippen LogP contribution is 2.22. The van der Waals surface area contributed by atoms with Crippen LogP contribution < -0.4 is 4.74 Å². The Kier molecular flexibility index (Phi) is 2.38. The standard InChI is InChI=1S/C8H5F2O2/c1-12-8-6(9)3-2-5(4-11)7(8)10/h2-3H,1H3. The molecule has 0 N–H and O–H groups in total. The Labute approximate surface area is 67.8 Å². The minimum atomic E-state index is -1.02. The fourth-order valence-electron chi connectivity index (χ4n) is 0.798. The molecular weight excluding hydrogens is 166 g/mol. The third kappa shape index (κ3) is 1.28. The first-order valence-corrected chi connectivity index (χ1v) is 3.11. The second kappa shape index (κ2) is 3.30. The van der Waals surface area contributed by atoms with Crippen LogP contribution >= 0.6 is 0 Å². The fraction of sp³-hybridized carbons (Fsp3) is 0.125. The van der Waals surface area contributed by atoms with Gasteiger partial charge in [-0.3, -0.25) is 4.79 Å². The van der Waals surface area contributed by atoms with Crippen molar-refractivity contribution in [1.29, 1.82) is 0 Å².